The minimum absolute atomic E-state index is 0.0763. The number of rotatable bonds is 2. The molecule has 2 aromatic rings. The lowest BCUT2D eigenvalue weighted by Crippen LogP contribution is -2.11. The molecule has 1 heterocycles. The normalized spacial score (nSPS) is 10.5. The van der Waals surface area contributed by atoms with Gasteiger partial charge in [0.05, 0.1) is 4.88 Å². The van der Waals surface area contributed by atoms with Crippen LogP contribution in [0.1, 0.15) is 31.2 Å². The highest BCUT2D eigenvalue weighted by Gasteiger charge is 2.12. The Balaban J connectivity index is 2.26. The maximum Gasteiger partial charge on any atom is 0.265 e. The van der Waals surface area contributed by atoms with Crippen molar-refractivity contribution < 1.29 is 4.79 Å². The quantitative estimate of drug-likeness (QED) is 0.818. The lowest BCUT2D eigenvalue weighted by atomic mass is 10.1. The van der Waals surface area contributed by atoms with Crippen LogP contribution in [0.5, 0.6) is 0 Å². The Morgan fingerprint density at radius 1 is 1.05 bits per heavy atom. The number of aryl methyl sites for hydroxylation is 4. The first-order valence-corrected chi connectivity index (χ1v) is 6.95. The minimum atomic E-state index is -0.0763. The highest BCUT2D eigenvalue weighted by atomic mass is 32.1. The fraction of sp³-hybridized carbons (Fsp3) is 0.267. The molecule has 1 amide bonds. The second-order valence-corrected chi connectivity index (χ2v) is 6.08. The Labute approximate surface area is 117 Å². The zero-order chi connectivity index (χ0) is 14.2. The predicted octanol–water partition coefficient (Wildman–Crippen LogP) is 3.82. The van der Waals surface area contributed by atoms with Gasteiger partial charge in [-0.1, -0.05) is 6.07 Å². The van der Waals surface area contributed by atoms with E-state index in [1.165, 1.54) is 16.2 Å². The zero-order valence-electron chi connectivity index (χ0n) is 11.6. The number of nitrogen functional groups attached to an aromatic ring is 1. The molecule has 2 rings (SSSR count). The molecule has 0 radical (unpaired) electrons. The second-order valence-electron chi connectivity index (χ2n) is 4.83. The summed E-state index contributed by atoms with van der Waals surface area (Å²) in [6.07, 6.45) is 0. The van der Waals surface area contributed by atoms with E-state index in [4.69, 9.17) is 5.73 Å². The monoisotopic (exact) mass is 274 g/mol. The van der Waals surface area contributed by atoms with E-state index in [1.807, 2.05) is 45.9 Å². The van der Waals surface area contributed by atoms with Crippen LogP contribution in [0.25, 0.3) is 0 Å². The molecule has 0 aliphatic heterocycles. The van der Waals surface area contributed by atoms with Gasteiger partial charge in [-0.05, 0) is 56.5 Å². The molecule has 0 saturated carbocycles. The minimum Gasteiger partial charge on any atom is -0.398 e. The SMILES string of the molecule is Cc1cc(C)c(NC(=O)c2cc(C)c(C)s2)cc1N. The number of hydrogen-bond donors (Lipinski definition) is 2. The summed E-state index contributed by atoms with van der Waals surface area (Å²) in [5.41, 5.74) is 10.5. The Morgan fingerprint density at radius 3 is 2.32 bits per heavy atom. The molecule has 1 aromatic heterocycles. The molecule has 0 bridgehead atoms. The second kappa shape index (κ2) is 5.05. The fourth-order valence-electron chi connectivity index (χ4n) is 1.87. The van der Waals surface area contributed by atoms with Crippen molar-refractivity contribution in [1.29, 1.82) is 0 Å². The maximum absolute atomic E-state index is 12.2. The van der Waals surface area contributed by atoms with Crippen LogP contribution in [0.4, 0.5) is 11.4 Å². The molecule has 0 unspecified atom stereocenters. The highest BCUT2D eigenvalue weighted by Crippen LogP contribution is 2.25. The van der Waals surface area contributed by atoms with Crippen LogP contribution in [0.15, 0.2) is 18.2 Å². The van der Waals surface area contributed by atoms with Crippen LogP contribution in [0.2, 0.25) is 0 Å². The number of carbonyl (C=O) groups is 1. The summed E-state index contributed by atoms with van der Waals surface area (Å²) in [4.78, 5) is 14.1. The van der Waals surface area contributed by atoms with Crippen LogP contribution in [-0.4, -0.2) is 5.91 Å². The van der Waals surface area contributed by atoms with Crippen LogP contribution in [0, 0.1) is 27.7 Å². The van der Waals surface area contributed by atoms with Crippen molar-refractivity contribution in [3.8, 4) is 0 Å². The Kier molecular flexibility index (Phi) is 3.62. The van der Waals surface area contributed by atoms with Gasteiger partial charge in [-0.3, -0.25) is 4.79 Å². The molecule has 1 aromatic carbocycles. The van der Waals surface area contributed by atoms with Crippen molar-refractivity contribution in [2.24, 2.45) is 0 Å². The third kappa shape index (κ3) is 2.79. The third-order valence-corrected chi connectivity index (χ3v) is 4.40. The topological polar surface area (TPSA) is 55.1 Å². The Bertz CT molecular complexity index is 624. The van der Waals surface area contributed by atoms with Gasteiger partial charge in [0, 0.05) is 16.3 Å². The molecule has 0 spiro atoms. The number of benzene rings is 1. The molecule has 3 N–H and O–H groups in total. The first kappa shape index (κ1) is 13.6. The molecule has 4 heteroatoms. The summed E-state index contributed by atoms with van der Waals surface area (Å²) < 4.78 is 0. The Hall–Kier alpha value is -1.81. The highest BCUT2D eigenvalue weighted by molar-refractivity contribution is 7.14. The van der Waals surface area contributed by atoms with Gasteiger partial charge >= 0.3 is 0 Å². The molecular formula is C15H18N2OS. The summed E-state index contributed by atoms with van der Waals surface area (Å²) in [5.74, 6) is -0.0763. The molecule has 0 fully saturated rings. The van der Waals surface area contributed by atoms with Gasteiger partial charge in [0.15, 0.2) is 0 Å². The average Bonchev–Trinajstić information content (AvgIpc) is 2.67. The number of carbonyl (C=O) groups excluding carboxylic acids is 1. The van der Waals surface area contributed by atoms with E-state index in [9.17, 15) is 4.79 Å². The van der Waals surface area contributed by atoms with E-state index in [0.29, 0.717) is 5.69 Å². The number of amides is 1. The van der Waals surface area contributed by atoms with Crippen LogP contribution < -0.4 is 11.1 Å². The fourth-order valence-corrected chi connectivity index (χ4v) is 2.80. The number of nitrogens with two attached hydrogens (primary N) is 1. The van der Waals surface area contributed by atoms with E-state index in [0.717, 1.165) is 27.3 Å². The summed E-state index contributed by atoms with van der Waals surface area (Å²) >= 11 is 1.51. The van der Waals surface area contributed by atoms with Gasteiger partial charge < -0.3 is 11.1 Å². The van der Waals surface area contributed by atoms with Gasteiger partial charge in [-0.15, -0.1) is 11.3 Å². The molecule has 3 nitrogen and oxygen atoms in total. The molecule has 0 aliphatic carbocycles. The van der Waals surface area contributed by atoms with Gasteiger partial charge in [-0.25, -0.2) is 0 Å². The van der Waals surface area contributed by atoms with E-state index in [1.54, 1.807) is 0 Å². The van der Waals surface area contributed by atoms with E-state index >= 15 is 0 Å². The lowest BCUT2D eigenvalue weighted by molar-refractivity contribution is 0.103. The third-order valence-electron chi connectivity index (χ3n) is 3.25. The molecule has 100 valence electrons. The van der Waals surface area contributed by atoms with Crippen molar-refractivity contribution in [3.05, 3.63) is 44.6 Å². The number of hydrogen-bond acceptors (Lipinski definition) is 3. The van der Waals surface area contributed by atoms with E-state index < -0.39 is 0 Å². The Morgan fingerprint density at radius 2 is 1.74 bits per heavy atom. The molecule has 19 heavy (non-hydrogen) atoms. The van der Waals surface area contributed by atoms with Crippen molar-refractivity contribution in [3.63, 3.8) is 0 Å². The van der Waals surface area contributed by atoms with E-state index in [2.05, 4.69) is 5.32 Å². The maximum atomic E-state index is 12.2. The first-order chi connectivity index (χ1) is 8.88. The number of thiophene rings is 1. The lowest BCUT2D eigenvalue weighted by Gasteiger charge is -2.10. The molecule has 0 atom stereocenters. The molecule has 0 saturated heterocycles. The average molecular weight is 274 g/mol. The van der Waals surface area contributed by atoms with Crippen molar-refractivity contribution >= 4 is 28.6 Å². The van der Waals surface area contributed by atoms with Crippen LogP contribution in [-0.2, 0) is 0 Å². The molecule has 0 aliphatic rings. The summed E-state index contributed by atoms with van der Waals surface area (Å²) in [7, 11) is 0. The summed E-state index contributed by atoms with van der Waals surface area (Å²) in [5, 5.41) is 2.93. The summed E-state index contributed by atoms with van der Waals surface area (Å²) in [6.45, 7) is 7.95. The van der Waals surface area contributed by atoms with Gasteiger partial charge in [0.1, 0.15) is 0 Å². The standard InChI is InChI=1S/C15H18N2OS/c1-8-6-14(19-11(8)4)15(18)17-13-7-12(16)9(2)5-10(13)3/h5-7H,16H2,1-4H3,(H,17,18). The predicted molar refractivity (Wildman–Crippen MR) is 82.1 cm³/mol. The first-order valence-electron chi connectivity index (χ1n) is 6.13. The summed E-state index contributed by atoms with van der Waals surface area (Å²) in [6, 6.07) is 5.72. The smallest absolute Gasteiger partial charge is 0.265 e. The number of nitrogens with one attached hydrogen (secondary N) is 1. The van der Waals surface area contributed by atoms with Gasteiger partial charge in [0.2, 0.25) is 0 Å². The van der Waals surface area contributed by atoms with Gasteiger partial charge in [-0.2, -0.15) is 0 Å². The van der Waals surface area contributed by atoms with Crippen molar-refractivity contribution in [1.82, 2.24) is 0 Å². The number of anilines is 2. The zero-order valence-corrected chi connectivity index (χ0v) is 12.4. The van der Waals surface area contributed by atoms with E-state index in [-0.39, 0.29) is 5.91 Å². The van der Waals surface area contributed by atoms with Crippen molar-refractivity contribution in [2.75, 3.05) is 11.1 Å². The largest absolute Gasteiger partial charge is 0.398 e. The van der Waals surface area contributed by atoms with Gasteiger partial charge in [0.25, 0.3) is 5.91 Å². The van der Waals surface area contributed by atoms with Crippen LogP contribution >= 0.6 is 11.3 Å². The molecular weight excluding hydrogens is 256 g/mol. The van der Waals surface area contributed by atoms with Crippen molar-refractivity contribution in [2.45, 2.75) is 27.7 Å². The van der Waals surface area contributed by atoms with Crippen LogP contribution in [0.3, 0.4) is 0 Å².